The van der Waals surface area contributed by atoms with Crippen molar-refractivity contribution >= 4 is 34.9 Å². The van der Waals surface area contributed by atoms with E-state index in [0.29, 0.717) is 6.54 Å². The molecule has 4 nitrogen and oxygen atoms in total. The molecule has 2 N–H and O–H groups in total. The number of pyridine rings is 1. The molecule has 0 saturated carbocycles. The zero-order valence-corrected chi connectivity index (χ0v) is 11.0. The third-order valence-corrected chi connectivity index (χ3v) is 4.67. The van der Waals surface area contributed by atoms with Gasteiger partial charge < -0.3 is 5.73 Å². The van der Waals surface area contributed by atoms with Crippen LogP contribution in [0.3, 0.4) is 0 Å². The molecule has 0 unspecified atom stereocenters. The maximum atomic E-state index is 5.57. The Morgan fingerprint density at radius 1 is 1.38 bits per heavy atom. The van der Waals surface area contributed by atoms with Gasteiger partial charge in [-0.05, 0) is 35.7 Å². The molecule has 0 bridgehead atoms. The second-order valence-electron chi connectivity index (χ2n) is 2.85. The third kappa shape index (κ3) is 2.94. The van der Waals surface area contributed by atoms with E-state index in [0.717, 1.165) is 19.3 Å². The highest BCUT2D eigenvalue weighted by Crippen LogP contribution is 2.31. The Balaban J connectivity index is 2.13. The first-order chi connectivity index (χ1) is 7.81. The predicted octanol–water partition coefficient (Wildman–Crippen LogP) is 2.26. The Hall–Kier alpha value is -0.630. The van der Waals surface area contributed by atoms with Crippen LogP contribution in [0.5, 0.6) is 0 Å². The molecule has 16 heavy (non-hydrogen) atoms. The van der Waals surface area contributed by atoms with Crippen molar-refractivity contribution < 1.29 is 0 Å². The lowest BCUT2D eigenvalue weighted by Crippen LogP contribution is -1.96. The summed E-state index contributed by atoms with van der Waals surface area (Å²) in [6.07, 6.45) is 3.75. The van der Waals surface area contributed by atoms with Crippen LogP contribution in [-0.2, 0) is 6.54 Å². The molecule has 2 heterocycles. The van der Waals surface area contributed by atoms with E-state index >= 15 is 0 Å². The molecule has 0 saturated heterocycles. The minimum Gasteiger partial charge on any atom is -0.326 e. The molecule has 0 aromatic carbocycles. The van der Waals surface area contributed by atoms with Crippen molar-refractivity contribution in [2.24, 2.45) is 5.73 Å². The zero-order valence-electron chi connectivity index (χ0n) is 8.58. The molecular weight excluding hydrogens is 260 g/mol. The molecule has 84 valence electrons. The first-order valence-corrected chi connectivity index (χ1v) is 7.38. The summed E-state index contributed by atoms with van der Waals surface area (Å²) in [7, 11) is 0. The summed E-state index contributed by atoms with van der Waals surface area (Å²) in [6, 6.07) is 3.89. The molecule has 2 rings (SSSR count). The van der Waals surface area contributed by atoms with E-state index in [-0.39, 0.29) is 0 Å². The van der Waals surface area contributed by atoms with Gasteiger partial charge in [0.1, 0.15) is 5.03 Å². The fourth-order valence-corrected chi connectivity index (χ4v) is 3.45. The van der Waals surface area contributed by atoms with Crippen molar-refractivity contribution in [3.05, 3.63) is 23.9 Å². The highest BCUT2D eigenvalue weighted by Gasteiger charge is 2.06. The van der Waals surface area contributed by atoms with Crippen LogP contribution in [0.15, 0.2) is 32.0 Å². The van der Waals surface area contributed by atoms with Gasteiger partial charge in [0.15, 0.2) is 8.68 Å². The minimum absolute atomic E-state index is 0.530. The van der Waals surface area contributed by atoms with Gasteiger partial charge >= 0.3 is 0 Å². The molecule has 0 aliphatic rings. The Morgan fingerprint density at radius 3 is 2.88 bits per heavy atom. The summed E-state index contributed by atoms with van der Waals surface area (Å²) in [5, 5.41) is 9.02. The van der Waals surface area contributed by atoms with Crippen molar-refractivity contribution in [2.45, 2.75) is 20.3 Å². The molecule has 2 aromatic heterocycles. The Labute approximate surface area is 106 Å². The summed E-state index contributed by atoms with van der Waals surface area (Å²) < 4.78 is 1.88. The summed E-state index contributed by atoms with van der Waals surface area (Å²) in [6.45, 7) is 0.530. The monoisotopic (exact) mass is 270 g/mol. The van der Waals surface area contributed by atoms with Gasteiger partial charge in [0.25, 0.3) is 0 Å². The van der Waals surface area contributed by atoms with Gasteiger partial charge in [-0.15, -0.1) is 10.2 Å². The number of hydrogen-bond donors (Lipinski definition) is 1. The highest BCUT2D eigenvalue weighted by atomic mass is 32.2. The number of thioether (sulfide) groups is 1. The van der Waals surface area contributed by atoms with E-state index < -0.39 is 0 Å². The van der Waals surface area contributed by atoms with Gasteiger partial charge in [-0.1, -0.05) is 23.1 Å². The lowest BCUT2D eigenvalue weighted by molar-refractivity contribution is 0.952. The van der Waals surface area contributed by atoms with Crippen molar-refractivity contribution in [3.8, 4) is 0 Å². The molecule has 0 aliphatic heterocycles. The molecule has 0 radical (unpaired) electrons. The maximum Gasteiger partial charge on any atom is 0.181 e. The van der Waals surface area contributed by atoms with Gasteiger partial charge in [-0.3, -0.25) is 0 Å². The van der Waals surface area contributed by atoms with Crippen molar-refractivity contribution in [1.82, 2.24) is 15.2 Å². The van der Waals surface area contributed by atoms with Gasteiger partial charge in [0.05, 0.1) is 0 Å². The Kier molecular flexibility index (Phi) is 4.16. The summed E-state index contributed by atoms with van der Waals surface area (Å²) in [5.74, 6) is 0. The average Bonchev–Trinajstić information content (AvgIpc) is 2.77. The maximum absolute atomic E-state index is 5.57. The molecule has 0 spiro atoms. The largest absolute Gasteiger partial charge is 0.326 e. The van der Waals surface area contributed by atoms with Crippen molar-refractivity contribution in [2.75, 3.05) is 6.26 Å². The SMILES string of the molecule is CSc1nnc(Sc2cc(CN)ccn2)s1. The first kappa shape index (κ1) is 11.8. The number of nitrogens with zero attached hydrogens (tertiary/aromatic N) is 3. The lowest BCUT2D eigenvalue weighted by Gasteiger charge is -1.98. The molecular formula is C9H10N4S3. The smallest absolute Gasteiger partial charge is 0.181 e. The molecule has 0 aliphatic carbocycles. The number of rotatable bonds is 4. The van der Waals surface area contributed by atoms with Crippen LogP contribution >= 0.6 is 34.9 Å². The van der Waals surface area contributed by atoms with Gasteiger partial charge in [-0.25, -0.2) is 4.98 Å². The van der Waals surface area contributed by atoms with Crippen LogP contribution in [0.2, 0.25) is 0 Å². The van der Waals surface area contributed by atoms with Crippen LogP contribution < -0.4 is 5.73 Å². The average molecular weight is 270 g/mol. The summed E-state index contributed by atoms with van der Waals surface area (Å²) in [4.78, 5) is 4.26. The van der Waals surface area contributed by atoms with E-state index in [9.17, 15) is 0 Å². The minimum atomic E-state index is 0.530. The second-order valence-corrected chi connectivity index (χ2v) is 6.14. The molecule has 7 heteroatoms. The number of hydrogen-bond acceptors (Lipinski definition) is 7. The molecule has 2 aromatic rings. The summed E-state index contributed by atoms with van der Waals surface area (Å²) in [5.41, 5.74) is 6.65. The first-order valence-electron chi connectivity index (χ1n) is 4.52. The molecule has 0 amide bonds. The van der Waals surface area contributed by atoms with Crippen LogP contribution in [0.25, 0.3) is 0 Å². The van der Waals surface area contributed by atoms with Crippen LogP contribution in [0, 0.1) is 0 Å². The third-order valence-electron chi connectivity index (χ3n) is 1.79. The normalized spacial score (nSPS) is 10.6. The zero-order chi connectivity index (χ0) is 11.4. The van der Waals surface area contributed by atoms with Gasteiger partial charge in [0.2, 0.25) is 0 Å². The van der Waals surface area contributed by atoms with E-state index in [1.165, 1.54) is 11.8 Å². The van der Waals surface area contributed by atoms with Crippen molar-refractivity contribution in [1.29, 1.82) is 0 Å². The van der Waals surface area contributed by atoms with Crippen LogP contribution in [-0.4, -0.2) is 21.4 Å². The van der Waals surface area contributed by atoms with E-state index in [1.54, 1.807) is 29.3 Å². The number of nitrogens with two attached hydrogens (primary N) is 1. The van der Waals surface area contributed by atoms with Crippen LogP contribution in [0.1, 0.15) is 5.56 Å². The standard InChI is InChI=1S/C9H10N4S3/c1-14-8-12-13-9(16-8)15-7-4-6(5-10)2-3-11-7/h2-4H,5,10H2,1H3. The highest BCUT2D eigenvalue weighted by molar-refractivity contribution is 8.02. The van der Waals surface area contributed by atoms with Gasteiger partial charge in [0, 0.05) is 12.7 Å². The van der Waals surface area contributed by atoms with E-state index in [4.69, 9.17) is 5.73 Å². The predicted molar refractivity (Wildman–Crippen MR) is 67.9 cm³/mol. The second kappa shape index (κ2) is 5.62. The topological polar surface area (TPSA) is 64.7 Å². The van der Waals surface area contributed by atoms with Crippen LogP contribution in [0.4, 0.5) is 0 Å². The number of aromatic nitrogens is 3. The Bertz CT molecular complexity index is 471. The molecule has 0 fully saturated rings. The van der Waals surface area contributed by atoms with Crippen molar-refractivity contribution in [3.63, 3.8) is 0 Å². The fourth-order valence-electron chi connectivity index (χ4n) is 1.04. The van der Waals surface area contributed by atoms with E-state index in [2.05, 4.69) is 15.2 Å². The fraction of sp³-hybridized carbons (Fsp3) is 0.222. The molecule has 0 atom stereocenters. The quantitative estimate of drug-likeness (QED) is 0.860. The lowest BCUT2D eigenvalue weighted by atomic mass is 10.3. The Morgan fingerprint density at radius 2 is 2.19 bits per heavy atom. The van der Waals surface area contributed by atoms with Gasteiger partial charge in [-0.2, -0.15) is 0 Å². The van der Waals surface area contributed by atoms with E-state index in [1.807, 2.05) is 18.4 Å². The summed E-state index contributed by atoms with van der Waals surface area (Å²) >= 11 is 4.69.